The zero-order valence-corrected chi connectivity index (χ0v) is 13.2. The van der Waals surface area contributed by atoms with Crippen molar-refractivity contribution >= 4 is 11.4 Å². The van der Waals surface area contributed by atoms with E-state index in [1.165, 1.54) is 5.56 Å². The predicted molar refractivity (Wildman–Crippen MR) is 91.0 cm³/mol. The number of allylic oxidation sites excluding steroid dienone is 4. The van der Waals surface area contributed by atoms with Crippen LogP contribution in [0.25, 0.3) is 11.3 Å². The Morgan fingerprint density at radius 3 is 2.48 bits per heavy atom. The van der Waals surface area contributed by atoms with Gasteiger partial charge in [0.15, 0.2) is 0 Å². The minimum atomic E-state index is 0.938. The monoisotopic (exact) mass is 281 g/mol. The maximum absolute atomic E-state index is 4.85. The van der Waals surface area contributed by atoms with Crippen molar-refractivity contribution < 1.29 is 0 Å². The summed E-state index contributed by atoms with van der Waals surface area (Å²) in [6, 6.07) is 10.2. The number of rotatable bonds is 5. The van der Waals surface area contributed by atoms with Gasteiger partial charge in [0.05, 0.1) is 11.4 Å². The summed E-state index contributed by atoms with van der Waals surface area (Å²) in [5, 5.41) is 8.15. The highest BCUT2D eigenvalue weighted by Gasteiger charge is 2.17. The molecule has 1 N–H and O–H groups in total. The van der Waals surface area contributed by atoms with Crippen LogP contribution in [0.2, 0.25) is 0 Å². The molecule has 0 aliphatic heterocycles. The lowest BCUT2D eigenvalue weighted by molar-refractivity contribution is 0.878. The summed E-state index contributed by atoms with van der Waals surface area (Å²) in [5.41, 5.74) is 4.51. The molecule has 1 aromatic carbocycles. The van der Waals surface area contributed by atoms with Gasteiger partial charge in [0.2, 0.25) is 0 Å². The maximum atomic E-state index is 4.85. The lowest BCUT2D eigenvalue weighted by Gasteiger charge is -2.07. The van der Waals surface area contributed by atoms with Crippen LogP contribution in [-0.2, 0) is 6.42 Å². The van der Waals surface area contributed by atoms with Crippen molar-refractivity contribution in [2.45, 2.75) is 27.2 Å². The molecular formula is C18H23N3. The Balaban J connectivity index is 2.66. The summed E-state index contributed by atoms with van der Waals surface area (Å²) in [7, 11) is 1.95. The molecule has 0 saturated heterocycles. The highest BCUT2D eigenvalue weighted by molar-refractivity contribution is 5.76. The number of aromatic nitrogens is 2. The van der Waals surface area contributed by atoms with E-state index < -0.39 is 0 Å². The third-order valence-electron chi connectivity index (χ3n) is 3.51. The molecule has 0 amide bonds. The molecule has 3 heteroatoms. The van der Waals surface area contributed by atoms with E-state index in [9.17, 15) is 0 Å². The average molecular weight is 281 g/mol. The first kappa shape index (κ1) is 15.1. The van der Waals surface area contributed by atoms with Crippen LogP contribution in [0.1, 0.15) is 32.0 Å². The Bertz CT molecular complexity index is 649. The quantitative estimate of drug-likeness (QED) is 0.820. The molecule has 0 saturated carbocycles. The van der Waals surface area contributed by atoms with Gasteiger partial charge in [-0.15, -0.1) is 0 Å². The summed E-state index contributed by atoms with van der Waals surface area (Å²) in [6.07, 6.45) is 7.20. The molecule has 0 spiro atoms. The predicted octanol–water partition coefficient (Wildman–Crippen LogP) is 4.46. The summed E-state index contributed by atoms with van der Waals surface area (Å²) in [4.78, 5) is 0. The third-order valence-corrected chi connectivity index (χ3v) is 3.51. The standard InChI is InChI=1S/C18H23N3/c1-5-11-14(6-2)17-16(7-3)18(19-4)21(20-17)15-12-9-8-10-13-15/h5-6,8-13,19H,7H2,1-4H3/b11-5-,14-6+. The van der Waals surface area contributed by atoms with Crippen molar-refractivity contribution in [3.63, 3.8) is 0 Å². The van der Waals surface area contributed by atoms with Gasteiger partial charge in [-0.2, -0.15) is 5.10 Å². The highest BCUT2D eigenvalue weighted by Crippen LogP contribution is 2.29. The minimum absolute atomic E-state index is 0.938. The smallest absolute Gasteiger partial charge is 0.133 e. The first-order chi connectivity index (χ1) is 10.3. The molecule has 3 nitrogen and oxygen atoms in total. The van der Waals surface area contributed by atoms with E-state index in [-0.39, 0.29) is 0 Å². The Morgan fingerprint density at radius 2 is 1.95 bits per heavy atom. The molecule has 110 valence electrons. The fraction of sp³-hybridized carbons (Fsp3) is 0.278. The first-order valence-corrected chi connectivity index (χ1v) is 7.41. The molecule has 0 atom stereocenters. The van der Waals surface area contributed by atoms with Gasteiger partial charge in [-0.1, -0.05) is 43.4 Å². The second kappa shape index (κ2) is 6.93. The van der Waals surface area contributed by atoms with E-state index in [4.69, 9.17) is 5.10 Å². The van der Waals surface area contributed by atoms with Gasteiger partial charge in [-0.05, 0) is 38.0 Å². The number of hydrogen-bond donors (Lipinski definition) is 1. The van der Waals surface area contributed by atoms with Crippen LogP contribution < -0.4 is 5.32 Å². The molecule has 0 bridgehead atoms. The van der Waals surface area contributed by atoms with Crippen molar-refractivity contribution in [2.75, 3.05) is 12.4 Å². The summed E-state index contributed by atoms with van der Waals surface area (Å²) in [5.74, 6) is 1.06. The number of nitrogens with one attached hydrogen (secondary N) is 1. The summed E-state index contributed by atoms with van der Waals surface area (Å²) in [6.45, 7) is 6.25. The summed E-state index contributed by atoms with van der Waals surface area (Å²) >= 11 is 0. The Hall–Kier alpha value is -2.29. The minimum Gasteiger partial charge on any atom is -0.373 e. The van der Waals surface area contributed by atoms with Gasteiger partial charge in [0.1, 0.15) is 5.82 Å². The highest BCUT2D eigenvalue weighted by atomic mass is 15.3. The molecular weight excluding hydrogens is 258 g/mol. The van der Waals surface area contributed by atoms with Crippen LogP contribution in [0.5, 0.6) is 0 Å². The Morgan fingerprint density at radius 1 is 1.24 bits per heavy atom. The molecule has 0 aliphatic rings. The lowest BCUT2D eigenvalue weighted by atomic mass is 10.1. The van der Waals surface area contributed by atoms with Crippen LogP contribution in [0.4, 0.5) is 5.82 Å². The second-order valence-corrected chi connectivity index (χ2v) is 4.77. The van der Waals surface area contributed by atoms with Crippen molar-refractivity contribution in [3.05, 3.63) is 59.8 Å². The van der Waals surface area contributed by atoms with Crippen molar-refractivity contribution in [3.8, 4) is 5.69 Å². The van der Waals surface area contributed by atoms with Crippen LogP contribution in [0.15, 0.2) is 48.6 Å². The van der Waals surface area contributed by atoms with Crippen LogP contribution >= 0.6 is 0 Å². The topological polar surface area (TPSA) is 29.9 Å². The van der Waals surface area contributed by atoms with Gasteiger partial charge in [0.25, 0.3) is 0 Å². The molecule has 1 heterocycles. The van der Waals surface area contributed by atoms with E-state index in [0.29, 0.717) is 0 Å². The molecule has 2 rings (SSSR count). The number of anilines is 1. The van der Waals surface area contributed by atoms with Crippen molar-refractivity contribution in [1.82, 2.24) is 9.78 Å². The third kappa shape index (κ3) is 2.92. The van der Waals surface area contributed by atoms with E-state index >= 15 is 0 Å². The van der Waals surface area contributed by atoms with E-state index in [1.54, 1.807) is 0 Å². The second-order valence-electron chi connectivity index (χ2n) is 4.77. The largest absolute Gasteiger partial charge is 0.373 e. The molecule has 0 unspecified atom stereocenters. The van der Waals surface area contributed by atoms with Gasteiger partial charge in [0, 0.05) is 12.6 Å². The number of para-hydroxylation sites is 1. The van der Waals surface area contributed by atoms with E-state index in [0.717, 1.165) is 29.2 Å². The number of nitrogens with zero attached hydrogens (tertiary/aromatic N) is 2. The van der Waals surface area contributed by atoms with Crippen LogP contribution in [-0.4, -0.2) is 16.8 Å². The molecule has 21 heavy (non-hydrogen) atoms. The Labute approximate surface area is 127 Å². The lowest BCUT2D eigenvalue weighted by Crippen LogP contribution is -2.03. The zero-order chi connectivity index (χ0) is 15.2. The maximum Gasteiger partial charge on any atom is 0.133 e. The van der Waals surface area contributed by atoms with Gasteiger partial charge in [-0.25, -0.2) is 4.68 Å². The van der Waals surface area contributed by atoms with Crippen molar-refractivity contribution in [2.24, 2.45) is 0 Å². The molecule has 0 radical (unpaired) electrons. The van der Waals surface area contributed by atoms with Gasteiger partial charge >= 0.3 is 0 Å². The van der Waals surface area contributed by atoms with Gasteiger partial charge < -0.3 is 5.32 Å². The molecule has 2 aromatic rings. The fourth-order valence-corrected chi connectivity index (χ4v) is 2.52. The molecule has 0 aliphatic carbocycles. The summed E-state index contributed by atoms with van der Waals surface area (Å²) < 4.78 is 1.99. The van der Waals surface area contributed by atoms with E-state index in [2.05, 4.69) is 49.5 Å². The van der Waals surface area contributed by atoms with Crippen LogP contribution in [0.3, 0.4) is 0 Å². The fourth-order valence-electron chi connectivity index (χ4n) is 2.52. The Kier molecular flexibility index (Phi) is 4.99. The SMILES string of the molecule is C/C=C\C(=C/C)c1nn(-c2ccccc2)c(NC)c1CC. The van der Waals surface area contributed by atoms with Gasteiger partial charge in [-0.3, -0.25) is 0 Å². The van der Waals surface area contributed by atoms with E-state index in [1.807, 2.05) is 36.9 Å². The molecule has 1 aromatic heterocycles. The normalized spacial score (nSPS) is 12.1. The average Bonchev–Trinajstić information content (AvgIpc) is 2.91. The number of hydrogen-bond acceptors (Lipinski definition) is 2. The zero-order valence-electron chi connectivity index (χ0n) is 13.2. The van der Waals surface area contributed by atoms with Crippen molar-refractivity contribution in [1.29, 1.82) is 0 Å². The first-order valence-electron chi connectivity index (χ1n) is 7.41. The number of benzene rings is 1. The van der Waals surface area contributed by atoms with Crippen LogP contribution in [0, 0.1) is 0 Å². The molecule has 0 fully saturated rings.